The van der Waals surface area contributed by atoms with Crippen LogP contribution in [0.15, 0.2) is 0 Å². The van der Waals surface area contributed by atoms with Gasteiger partial charge in [-0.3, -0.25) is 4.79 Å². The second-order valence-corrected chi connectivity index (χ2v) is 6.67. The van der Waals surface area contributed by atoms with Crippen LogP contribution in [0.2, 0.25) is 0 Å². The van der Waals surface area contributed by atoms with Gasteiger partial charge in [0.15, 0.2) is 5.13 Å². The zero-order valence-corrected chi connectivity index (χ0v) is 12.3. The Balaban J connectivity index is 1.68. The summed E-state index contributed by atoms with van der Waals surface area (Å²) in [6.07, 6.45) is 4.27. The molecule has 0 radical (unpaired) electrons. The lowest BCUT2D eigenvalue weighted by molar-refractivity contribution is -0.145. The molecule has 1 N–H and O–H groups in total. The summed E-state index contributed by atoms with van der Waals surface area (Å²) >= 11 is 1.71. The number of aromatic nitrogens is 1. The number of ether oxygens (including phenoxy) is 1. The normalized spacial score (nSPS) is 28.6. The molecule has 1 aromatic heterocycles. The minimum absolute atomic E-state index is 0.115. The molecule has 5 heteroatoms. The summed E-state index contributed by atoms with van der Waals surface area (Å²) in [6, 6.07) is 0.572. The Kier molecular flexibility index (Phi) is 3.48. The van der Waals surface area contributed by atoms with Crippen molar-refractivity contribution in [1.82, 2.24) is 4.98 Å². The van der Waals surface area contributed by atoms with Crippen molar-refractivity contribution >= 4 is 22.4 Å². The van der Waals surface area contributed by atoms with Crippen molar-refractivity contribution in [2.45, 2.75) is 51.5 Å². The molecule has 3 rings (SSSR count). The number of rotatable bonds is 4. The third-order valence-corrected chi connectivity index (χ3v) is 5.05. The number of anilines is 1. The molecule has 104 valence electrons. The third-order valence-electron chi connectivity index (χ3n) is 3.99. The molecule has 0 aromatic carbocycles. The van der Waals surface area contributed by atoms with E-state index >= 15 is 0 Å². The highest BCUT2D eigenvalue weighted by molar-refractivity contribution is 7.15. The van der Waals surface area contributed by atoms with Gasteiger partial charge in [-0.2, -0.15) is 0 Å². The van der Waals surface area contributed by atoms with Crippen LogP contribution in [0, 0.1) is 5.92 Å². The maximum absolute atomic E-state index is 11.9. The van der Waals surface area contributed by atoms with Crippen molar-refractivity contribution in [3.8, 4) is 0 Å². The molecule has 2 aliphatic carbocycles. The molecule has 1 atom stereocenters. The van der Waals surface area contributed by atoms with Gasteiger partial charge in [0.2, 0.25) is 0 Å². The predicted octanol–water partition coefficient (Wildman–Crippen LogP) is 2.95. The molecule has 1 aromatic rings. The molecule has 19 heavy (non-hydrogen) atoms. The molecule has 2 aliphatic rings. The van der Waals surface area contributed by atoms with Crippen LogP contribution >= 0.6 is 11.3 Å². The number of hydrogen-bond donors (Lipinski definition) is 1. The summed E-state index contributed by atoms with van der Waals surface area (Å²) in [4.78, 5) is 17.8. The second-order valence-electron chi connectivity index (χ2n) is 5.59. The van der Waals surface area contributed by atoms with Gasteiger partial charge < -0.3 is 10.1 Å². The average molecular weight is 280 g/mol. The van der Waals surface area contributed by atoms with Crippen LogP contribution in [0.25, 0.3) is 0 Å². The van der Waals surface area contributed by atoms with Crippen molar-refractivity contribution in [3.05, 3.63) is 10.6 Å². The second kappa shape index (κ2) is 5.12. The molecule has 0 aliphatic heterocycles. The maximum atomic E-state index is 11.9. The van der Waals surface area contributed by atoms with Gasteiger partial charge in [-0.05, 0) is 38.5 Å². The van der Waals surface area contributed by atoms with Crippen LogP contribution in [0.4, 0.5) is 5.13 Å². The van der Waals surface area contributed by atoms with Gasteiger partial charge in [-0.25, -0.2) is 4.98 Å². The number of esters is 1. The van der Waals surface area contributed by atoms with Crippen LogP contribution in [0.3, 0.4) is 0 Å². The van der Waals surface area contributed by atoms with Gasteiger partial charge in [-0.1, -0.05) is 6.92 Å². The highest BCUT2D eigenvalue weighted by Crippen LogP contribution is 2.40. The molecule has 1 unspecified atom stereocenters. The van der Waals surface area contributed by atoms with E-state index in [4.69, 9.17) is 4.74 Å². The van der Waals surface area contributed by atoms with E-state index in [1.54, 1.807) is 11.3 Å². The lowest BCUT2D eigenvalue weighted by Crippen LogP contribution is -2.33. The van der Waals surface area contributed by atoms with E-state index in [0.29, 0.717) is 12.6 Å². The minimum atomic E-state index is -0.137. The molecule has 1 heterocycles. The Morgan fingerprint density at radius 3 is 3.00 bits per heavy atom. The SMILES string of the molecule is CCOC(=O)C1CCc2sc(NC3CC(C)C3)nc21. The third kappa shape index (κ3) is 2.48. The van der Waals surface area contributed by atoms with E-state index in [0.717, 1.165) is 29.6 Å². The summed E-state index contributed by atoms with van der Waals surface area (Å²) in [7, 11) is 0. The largest absolute Gasteiger partial charge is 0.465 e. The van der Waals surface area contributed by atoms with Crippen molar-refractivity contribution in [2.75, 3.05) is 11.9 Å². The zero-order chi connectivity index (χ0) is 13.4. The van der Waals surface area contributed by atoms with Gasteiger partial charge in [0, 0.05) is 10.9 Å². The summed E-state index contributed by atoms with van der Waals surface area (Å²) in [5.41, 5.74) is 0.957. The minimum Gasteiger partial charge on any atom is -0.465 e. The van der Waals surface area contributed by atoms with E-state index in [9.17, 15) is 4.79 Å². The first-order valence-corrected chi connectivity index (χ1v) is 7.91. The molecule has 0 amide bonds. The van der Waals surface area contributed by atoms with Crippen molar-refractivity contribution in [1.29, 1.82) is 0 Å². The average Bonchev–Trinajstić information content (AvgIpc) is 2.86. The van der Waals surface area contributed by atoms with E-state index < -0.39 is 0 Å². The fourth-order valence-electron chi connectivity index (χ4n) is 2.96. The van der Waals surface area contributed by atoms with Gasteiger partial charge in [0.1, 0.15) is 5.92 Å². The maximum Gasteiger partial charge on any atom is 0.315 e. The Bertz CT molecular complexity index is 480. The molecular formula is C14H20N2O2S. The molecule has 1 saturated carbocycles. The number of nitrogens with zero attached hydrogens (tertiary/aromatic N) is 1. The van der Waals surface area contributed by atoms with Gasteiger partial charge in [0.25, 0.3) is 0 Å². The smallest absolute Gasteiger partial charge is 0.315 e. The van der Waals surface area contributed by atoms with E-state index in [2.05, 4.69) is 17.2 Å². The molecule has 0 bridgehead atoms. The molecule has 4 nitrogen and oxygen atoms in total. The summed E-state index contributed by atoms with van der Waals surface area (Å²) in [5, 5.41) is 4.47. The Labute approximate surface area is 117 Å². The molecule has 1 fully saturated rings. The van der Waals surface area contributed by atoms with E-state index in [-0.39, 0.29) is 11.9 Å². The summed E-state index contributed by atoms with van der Waals surface area (Å²) in [6.45, 7) is 4.57. The topological polar surface area (TPSA) is 51.2 Å². The van der Waals surface area contributed by atoms with Crippen LogP contribution in [-0.2, 0) is 16.0 Å². The molecule has 0 spiro atoms. The highest BCUT2D eigenvalue weighted by Gasteiger charge is 2.34. The first-order chi connectivity index (χ1) is 9.17. The number of aryl methyl sites for hydroxylation is 1. The van der Waals surface area contributed by atoms with Gasteiger partial charge in [0.05, 0.1) is 12.3 Å². The number of hydrogen-bond acceptors (Lipinski definition) is 5. The van der Waals surface area contributed by atoms with Crippen LogP contribution in [0.1, 0.15) is 49.6 Å². The lowest BCUT2D eigenvalue weighted by Gasteiger charge is -2.33. The molecular weight excluding hydrogens is 260 g/mol. The number of carbonyl (C=O) groups excluding carboxylic acids is 1. The first kappa shape index (κ1) is 12.9. The quantitative estimate of drug-likeness (QED) is 0.862. The predicted molar refractivity (Wildman–Crippen MR) is 75.6 cm³/mol. The Morgan fingerprint density at radius 2 is 2.32 bits per heavy atom. The zero-order valence-electron chi connectivity index (χ0n) is 11.4. The van der Waals surface area contributed by atoms with E-state index in [1.807, 2.05) is 6.92 Å². The summed E-state index contributed by atoms with van der Waals surface area (Å²) < 4.78 is 5.12. The van der Waals surface area contributed by atoms with Crippen molar-refractivity contribution in [2.24, 2.45) is 5.92 Å². The van der Waals surface area contributed by atoms with E-state index in [1.165, 1.54) is 17.7 Å². The Hall–Kier alpha value is -1.10. The number of carbonyl (C=O) groups is 1. The van der Waals surface area contributed by atoms with Gasteiger partial charge in [-0.15, -0.1) is 11.3 Å². The Morgan fingerprint density at radius 1 is 1.53 bits per heavy atom. The highest BCUT2D eigenvalue weighted by atomic mass is 32.1. The summed E-state index contributed by atoms with van der Waals surface area (Å²) in [5.74, 6) is 0.578. The standard InChI is InChI=1S/C14H20N2O2S/c1-3-18-13(17)10-4-5-11-12(10)16-14(19-11)15-9-6-8(2)7-9/h8-10H,3-7H2,1-2H3,(H,15,16). The van der Waals surface area contributed by atoms with Gasteiger partial charge >= 0.3 is 5.97 Å². The van der Waals surface area contributed by atoms with Crippen molar-refractivity contribution in [3.63, 3.8) is 0 Å². The molecule has 0 saturated heterocycles. The van der Waals surface area contributed by atoms with Crippen molar-refractivity contribution < 1.29 is 9.53 Å². The first-order valence-electron chi connectivity index (χ1n) is 7.10. The number of thiazole rings is 1. The van der Waals surface area contributed by atoms with Crippen LogP contribution in [0.5, 0.6) is 0 Å². The lowest BCUT2D eigenvalue weighted by atomic mass is 9.82. The van der Waals surface area contributed by atoms with Crippen LogP contribution in [-0.4, -0.2) is 23.6 Å². The monoisotopic (exact) mass is 280 g/mol. The number of fused-ring (bicyclic) bond motifs is 1. The number of nitrogens with one attached hydrogen (secondary N) is 1. The van der Waals surface area contributed by atoms with Crippen LogP contribution < -0.4 is 5.32 Å². The fourth-order valence-corrected chi connectivity index (χ4v) is 4.07. The fraction of sp³-hybridized carbons (Fsp3) is 0.714.